The summed E-state index contributed by atoms with van der Waals surface area (Å²) < 4.78 is 0. The summed E-state index contributed by atoms with van der Waals surface area (Å²) >= 11 is 12.1. The van der Waals surface area contributed by atoms with Crippen LogP contribution in [0.25, 0.3) is 0 Å². The number of hydrogen-bond acceptors (Lipinski definition) is 6. The lowest BCUT2D eigenvalue weighted by molar-refractivity contribution is -0.384. The first-order valence-electron chi connectivity index (χ1n) is 11.8. The Bertz CT molecular complexity index is 1390. The molecule has 0 spiro atoms. The molecule has 2 saturated carbocycles. The second kappa shape index (κ2) is 8.49. The smallest absolute Gasteiger partial charge is 0.273 e. The molecular weight excluding hydrogens is 521 g/mol. The molecule has 5 aliphatic rings. The van der Waals surface area contributed by atoms with Gasteiger partial charge in [0.05, 0.1) is 21.8 Å². The van der Waals surface area contributed by atoms with Crippen LogP contribution in [0.5, 0.6) is 0 Å². The maximum Gasteiger partial charge on any atom is 0.273 e. The molecule has 0 N–H and O–H groups in total. The van der Waals surface area contributed by atoms with E-state index < -0.39 is 46.8 Å². The van der Waals surface area contributed by atoms with Gasteiger partial charge in [-0.2, -0.15) is 5.01 Å². The number of non-ortho nitro benzene ring substituents is 1. The number of rotatable bonds is 6. The Hall–Kier alpha value is -3.56. The maximum absolute atomic E-state index is 13.7. The number of carbonyl (C=O) groups is 4. The van der Waals surface area contributed by atoms with Crippen LogP contribution < -0.4 is 0 Å². The third kappa shape index (κ3) is 3.67. The second-order valence-corrected chi connectivity index (χ2v) is 10.7. The highest BCUT2D eigenvalue weighted by Gasteiger charge is 2.68. The molecule has 188 valence electrons. The average Bonchev–Trinajstić information content (AvgIpc) is 3.65. The van der Waals surface area contributed by atoms with E-state index in [1.54, 1.807) is 0 Å². The van der Waals surface area contributed by atoms with Crippen molar-refractivity contribution >= 4 is 52.4 Å². The number of hydrogen-bond donors (Lipinski definition) is 0. The lowest BCUT2D eigenvalue weighted by atomic mass is 9.63. The Morgan fingerprint density at radius 1 is 0.973 bits per heavy atom. The van der Waals surface area contributed by atoms with Crippen molar-refractivity contribution in [3.05, 3.63) is 85.9 Å². The van der Waals surface area contributed by atoms with Crippen LogP contribution in [0.3, 0.4) is 0 Å². The molecule has 0 radical (unpaired) electrons. The predicted molar refractivity (Wildman–Crippen MR) is 131 cm³/mol. The molecule has 37 heavy (non-hydrogen) atoms. The molecule has 4 aliphatic carbocycles. The summed E-state index contributed by atoms with van der Waals surface area (Å²) in [5.74, 6) is -2.99. The molecular formula is C26H19Cl2N3O6. The summed E-state index contributed by atoms with van der Waals surface area (Å²) in [6, 6.07) is 9.02. The molecule has 3 amide bonds. The highest BCUT2D eigenvalue weighted by atomic mass is 35.5. The molecule has 2 bridgehead atoms. The zero-order valence-corrected chi connectivity index (χ0v) is 20.6. The molecule has 6 atom stereocenters. The van der Waals surface area contributed by atoms with Gasteiger partial charge in [-0.25, -0.2) is 5.01 Å². The lowest BCUT2D eigenvalue weighted by Crippen LogP contribution is -2.52. The van der Waals surface area contributed by atoms with E-state index in [9.17, 15) is 29.3 Å². The molecule has 0 unspecified atom stereocenters. The Balaban J connectivity index is 1.37. The fraction of sp³-hybridized carbons (Fsp3) is 0.308. The Kier molecular flexibility index (Phi) is 5.47. The fourth-order valence-electron chi connectivity index (χ4n) is 6.22. The third-order valence-corrected chi connectivity index (χ3v) is 8.51. The van der Waals surface area contributed by atoms with E-state index in [1.807, 2.05) is 12.2 Å². The third-order valence-electron chi connectivity index (χ3n) is 7.97. The van der Waals surface area contributed by atoms with Crippen molar-refractivity contribution in [1.29, 1.82) is 0 Å². The molecule has 11 heteroatoms. The lowest BCUT2D eigenvalue weighted by Gasteiger charge is -2.37. The van der Waals surface area contributed by atoms with E-state index in [-0.39, 0.29) is 33.7 Å². The van der Waals surface area contributed by atoms with Gasteiger partial charge >= 0.3 is 0 Å². The number of benzene rings is 2. The van der Waals surface area contributed by atoms with E-state index in [2.05, 4.69) is 0 Å². The molecule has 9 nitrogen and oxygen atoms in total. The van der Waals surface area contributed by atoms with Crippen molar-refractivity contribution in [2.45, 2.75) is 6.42 Å². The first-order valence-corrected chi connectivity index (χ1v) is 12.5. The summed E-state index contributed by atoms with van der Waals surface area (Å²) in [6.07, 6.45) is 5.00. The van der Waals surface area contributed by atoms with Crippen molar-refractivity contribution in [3.8, 4) is 0 Å². The van der Waals surface area contributed by atoms with E-state index in [4.69, 9.17) is 23.2 Å². The Morgan fingerprint density at radius 2 is 1.57 bits per heavy atom. The van der Waals surface area contributed by atoms with Gasteiger partial charge in [0.25, 0.3) is 23.4 Å². The van der Waals surface area contributed by atoms with Gasteiger partial charge in [0.1, 0.15) is 6.54 Å². The summed E-state index contributed by atoms with van der Waals surface area (Å²) in [5.41, 5.74) is -0.166. The highest BCUT2D eigenvalue weighted by molar-refractivity contribution is 6.37. The molecule has 3 fully saturated rings. The molecule has 7 rings (SSSR count). The predicted octanol–water partition coefficient (Wildman–Crippen LogP) is 4.19. The van der Waals surface area contributed by atoms with Crippen molar-refractivity contribution in [2.24, 2.45) is 35.5 Å². The minimum Gasteiger partial charge on any atom is -0.292 e. The first kappa shape index (κ1) is 23.8. The van der Waals surface area contributed by atoms with Gasteiger partial charge in [-0.15, -0.1) is 0 Å². The highest BCUT2D eigenvalue weighted by Crippen LogP contribution is 2.65. The standard InChI is InChI=1S/C26H19Cl2N3O6/c27-13-3-6-17(20(28)9-13)21(32)11-29(24(33)12-1-4-14(5-2-12)31(36)37)30-25(34)22-15-7-8-16(19-10-18(15)19)23(22)26(30)35/h1-9,15-16,18-19,22-23H,10-11H2/t15-,16-,18-,19+,22-,23+/m0/s1. The van der Waals surface area contributed by atoms with Gasteiger partial charge in [-0.05, 0) is 60.4 Å². The number of hydrazine groups is 1. The van der Waals surface area contributed by atoms with Crippen LogP contribution >= 0.6 is 23.2 Å². The van der Waals surface area contributed by atoms with Gasteiger partial charge in [-0.1, -0.05) is 35.4 Å². The molecule has 0 aromatic heterocycles. The average molecular weight is 540 g/mol. The van der Waals surface area contributed by atoms with Gasteiger partial charge in [0.15, 0.2) is 5.78 Å². The molecule has 2 aromatic rings. The van der Waals surface area contributed by atoms with Crippen LogP contribution in [0.15, 0.2) is 54.6 Å². The zero-order chi connectivity index (χ0) is 26.2. The van der Waals surface area contributed by atoms with Crippen molar-refractivity contribution < 1.29 is 24.1 Å². The second-order valence-electron chi connectivity index (χ2n) is 9.86. The first-order chi connectivity index (χ1) is 17.7. The van der Waals surface area contributed by atoms with Gasteiger partial charge in [-0.3, -0.25) is 29.3 Å². The molecule has 1 aliphatic heterocycles. The summed E-state index contributed by atoms with van der Waals surface area (Å²) in [4.78, 5) is 64.8. The SMILES string of the molecule is O=C(CN(C(=O)c1ccc([N+](=O)[O-])cc1)N1C(=O)[C@@H]2[C@H]3C=C[C@@H]([C@@H]4C[C@H]34)[C@@H]2C1=O)c1ccc(Cl)cc1Cl. The van der Waals surface area contributed by atoms with Crippen LogP contribution in [-0.4, -0.2) is 45.0 Å². The van der Waals surface area contributed by atoms with E-state index in [1.165, 1.54) is 30.3 Å². The Labute approximate surface area is 220 Å². The van der Waals surface area contributed by atoms with Crippen molar-refractivity contribution in [1.82, 2.24) is 10.0 Å². The van der Waals surface area contributed by atoms with Crippen LogP contribution in [-0.2, 0) is 9.59 Å². The van der Waals surface area contributed by atoms with Crippen LogP contribution in [0.2, 0.25) is 10.0 Å². The summed E-state index contributed by atoms with van der Waals surface area (Å²) in [6.45, 7) is -0.635. The van der Waals surface area contributed by atoms with Crippen LogP contribution in [0, 0.1) is 45.6 Å². The Morgan fingerprint density at radius 3 is 2.11 bits per heavy atom. The quantitative estimate of drug-likeness (QED) is 0.178. The van der Waals surface area contributed by atoms with Gasteiger partial charge in [0.2, 0.25) is 0 Å². The number of halogens is 2. The maximum atomic E-state index is 13.7. The fourth-order valence-corrected chi connectivity index (χ4v) is 6.74. The summed E-state index contributed by atoms with van der Waals surface area (Å²) in [7, 11) is 0. The number of nitrogens with zero attached hydrogens (tertiary/aromatic N) is 3. The summed E-state index contributed by atoms with van der Waals surface area (Å²) in [5, 5.41) is 13.1. The number of nitro benzene ring substituents is 1. The van der Waals surface area contributed by atoms with E-state index in [0.29, 0.717) is 16.9 Å². The largest absolute Gasteiger partial charge is 0.292 e. The van der Waals surface area contributed by atoms with Gasteiger partial charge in [0, 0.05) is 28.3 Å². The number of ketones is 1. The number of Topliss-reactive ketones (excluding diaryl/α,β-unsaturated/α-hetero) is 1. The van der Waals surface area contributed by atoms with Crippen molar-refractivity contribution in [2.75, 3.05) is 6.54 Å². The normalized spacial score (nSPS) is 28.6. The number of allylic oxidation sites excluding steroid dienone is 2. The monoisotopic (exact) mass is 539 g/mol. The molecule has 2 aromatic carbocycles. The minimum atomic E-state index is -0.806. The van der Waals surface area contributed by atoms with Crippen LogP contribution in [0.4, 0.5) is 5.69 Å². The molecule has 1 heterocycles. The number of carbonyl (C=O) groups excluding carboxylic acids is 4. The number of nitro groups is 1. The number of imide groups is 1. The molecule has 1 saturated heterocycles. The van der Waals surface area contributed by atoms with E-state index in [0.717, 1.165) is 28.6 Å². The zero-order valence-electron chi connectivity index (χ0n) is 19.1. The van der Waals surface area contributed by atoms with Crippen LogP contribution in [0.1, 0.15) is 27.1 Å². The number of amides is 3. The topological polar surface area (TPSA) is 118 Å². The van der Waals surface area contributed by atoms with Crippen molar-refractivity contribution in [3.63, 3.8) is 0 Å². The van der Waals surface area contributed by atoms with E-state index >= 15 is 0 Å². The van der Waals surface area contributed by atoms with Gasteiger partial charge < -0.3 is 0 Å². The minimum absolute atomic E-state index is 0.0139.